The normalized spacial score (nSPS) is 27.2. The van der Waals surface area contributed by atoms with Crippen LogP contribution < -0.4 is 0 Å². The Morgan fingerprint density at radius 3 is 1.86 bits per heavy atom. The minimum Gasteiger partial charge on any atom is -0.462 e. The summed E-state index contributed by atoms with van der Waals surface area (Å²) >= 11 is 0. The fourth-order valence-corrected chi connectivity index (χ4v) is 4.24. The zero-order chi connectivity index (χ0) is 18.9. The lowest BCUT2D eigenvalue weighted by molar-refractivity contribution is -0.163. The number of esters is 1. The summed E-state index contributed by atoms with van der Waals surface area (Å²) in [7, 11) is 0. The summed E-state index contributed by atoms with van der Waals surface area (Å²) in [4.78, 5) is 15.1. The van der Waals surface area contributed by atoms with Gasteiger partial charge in [0.1, 0.15) is 25.0 Å². The highest BCUT2D eigenvalue weighted by Crippen LogP contribution is 2.49. The Morgan fingerprint density at radius 1 is 0.714 bits per heavy atom. The maximum absolute atomic E-state index is 12.9. The minimum atomic E-state index is -0.480. The van der Waals surface area contributed by atoms with Crippen molar-refractivity contribution >= 4 is 5.97 Å². The number of hydrogen-bond acceptors (Lipinski definition) is 4. The van der Waals surface area contributed by atoms with Crippen molar-refractivity contribution in [3.8, 4) is 0 Å². The number of ether oxygens (including phenoxy) is 2. The molecule has 0 bridgehead atoms. The van der Waals surface area contributed by atoms with Crippen LogP contribution in [0.3, 0.4) is 0 Å². The topological polar surface area (TPSA) is 38.8 Å². The predicted octanol–water partition coefficient (Wildman–Crippen LogP) is 4.43. The van der Waals surface area contributed by atoms with Crippen LogP contribution in [0.4, 0.5) is 0 Å². The Balaban J connectivity index is 1.61. The van der Waals surface area contributed by atoms with Gasteiger partial charge in [-0.1, -0.05) is 91.0 Å². The molecule has 2 unspecified atom stereocenters. The van der Waals surface area contributed by atoms with Crippen molar-refractivity contribution in [2.75, 3.05) is 6.61 Å². The van der Waals surface area contributed by atoms with E-state index in [4.69, 9.17) is 9.47 Å². The fraction of sp³-hybridized carbons (Fsp3) is 0.208. The van der Waals surface area contributed by atoms with E-state index in [0.717, 1.165) is 16.7 Å². The number of rotatable bonds is 3. The molecule has 2 saturated heterocycles. The summed E-state index contributed by atoms with van der Waals surface area (Å²) in [6.07, 6.45) is -0.681. The molecule has 0 amide bonds. The van der Waals surface area contributed by atoms with Gasteiger partial charge in [-0.3, -0.25) is 4.79 Å². The number of carbonyl (C=O) groups excluding carboxylic acids is 1. The van der Waals surface area contributed by atoms with Crippen LogP contribution in [0.15, 0.2) is 91.0 Å². The highest BCUT2D eigenvalue weighted by molar-refractivity contribution is 5.78. The second-order valence-corrected chi connectivity index (χ2v) is 7.18. The molecule has 5 rings (SSSR count). The predicted molar refractivity (Wildman–Crippen MR) is 105 cm³/mol. The second-order valence-electron chi connectivity index (χ2n) is 7.18. The molecule has 4 nitrogen and oxygen atoms in total. The van der Waals surface area contributed by atoms with Gasteiger partial charge >= 0.3 is 5.97 Å². The van der Waals surface area contributed by atoms with Crippen molar-refractivity contribution in [1.29, 1.82) is 0 Å². The van der Waals surface area contributed by atoms with E-state index < -0.39 is 6.04 Å². The highest BCUT2D eigenvalue weighted by Gasteiger charge is 2.54. The Hall–Kier alpha value is -2.95. The monoisotopic (exact) mass is 371 g/mol. The van der Waals surface area contributed by atoms with E-state index in [2.05, 4.69) is 29.2 Å². The number of morpholine rings is 1. The van der Waals surface area contributed by atoms with Crippen LogP contribution in [0.25, 0.3) is 0 Å². The van der Waals surface area contributed by atoms with Gasteiger partial charge < -0.3 is 9.47 Å². The molecule has 28 heavy (non-hydrogen) atoms. The van der Waals surface area contributed by atoms with Gasteiger partial charge in [0.05, 0.1) is 6.04 Å². The molecular weight excluding hydrogens is 350 g/mol. The summed E-state index contributed by atoms with van der Waals surface area (Å²) in [6, 6.07) is 29.7. The molecule has 3 aromatic rings. The van der Waals surface area contributed by atoms with E-state index in [1.54, 1.807) is 0 Å². The van der Waals surface area contributed by atoms with Crippen LogP contribution in [0.5, 0.6) is 0 Å². The van der Waals surface area contributed by atoms with Gasteiger partial charge in [-0.05, 0) is 16.7 Å². The third kappa shape index (κ3) is 2.91. The SMILES string of the molecule is O=C1OC[C@H](c2ccccc2)N2C(c3ccccc3)OC(c3ccccc3)[C@@H]12. The summed E-state index contributed by atoms with van der Waals surface area (Å²) in [5.74, 6) is -0.223. The van der Waals surface area contributed by atoms with Gasteiger partial charge in [-0.15, -0.1) is 0 Å². The second kappa shape index (κ2) is 7.23. The Morgan fingerprint density at radius 2 is 1.25 bits per heavy atom. The van der Waals surface area contributed by atoms with Gasteiger partial charge in [0, 0.05) is 0 Å². The number of benzene rings is 3. The van der Waals surface area contributed by atoms with E-state index in [-0.39, 0.29) is 24.3 Å². The largest absolute Gasteiger partial charge is 0.462 e. The smallest absolute Gasteiger partial charge is 0.326 e. The maximum Gasteiger partial charge on any atom is 0.326 e. The van der Waals surface area contributed by atoms with Crippen LogP contribution in [0, 0.1) is 0 Å². The van der Waals surface area contributed by atoms with E-state index >= 15 is 0 Å². The quantitative estimate of drug-likeness (QED) is 0.639. The first-order chi connectivity index (χ1) is 13.8. The molecule has 0 aliphatic carbocycles. The van der Waals surface area contributed by atoms with Crippen molar-refractivity contribution in [1.82, 2.24) is 4.90 Å². The zero-order valence-corrected chi connectivity index (χ0v) is 15.3. The van der Waals surface area contributed by atoms with Crippen LogP contribution >= 0.6 is 0 Å². The first kappa shape index (κ1) is 17.2. The molecular formula is C24H21NO3. The molecule has 0 aromatic heterocycles. The average Bonchev–Trinajstić information content (AvgIpc) is 3.17. The zero-order valence-electron chi connectivity index (χ0n) is 15.3. The number of nitrogens with zero attached hydrogens (tertiary/aromatic N) is 1. The summed E-state index contributed by atoms with van der Waals surface area (Å²) in [5.41, 5.74) is 3.15. The van der Waals surface area contributed by atoms with Crippen molar-refractivity contribution in [3.63, 3.8) is 0 Å². The molecule has 2 heterocycles. The molecule has 4 atom stereocenters. The van der Waals surface area contributed by atoms with E-state index in [9.17, 15) is 4.79 Å². The van der Waals surface area contributed by atoms with Crippen molar-refractivity contribution < 1.29 is 14.3 Å². The van der Waals surface area contributed by atoms with Crippen LogP contribution in [0.1, 0.15) is 35.1 Å². The van der Waals surface area contributed by atoms with Crippen LogP contribution in [0.2, 0.25) is 0 Å². The van der Waals surface area contributed by atoms with Crippen molar-refractivity contribution in [3.05, 3.63) is 108 Å². The molecule has 2 aliphatic heterocycles. The fourth-order valence-electron chi connectivity index (χ4n) is 4.24. The molecule has 0 saturated carbocycles. The number of carbonyl (C=O) groups is 1. The van der Waals surface area contributed by atoms with E-state index in [0.29, 0.717) is 6.61 Å². The molecule has 2 aliphatic rings. The Bertz CT molecular complexity index is 945. The Kier molecular flexibility index (Phi) is 4.43. The lowest BCUT2D eigenvalue weighted by Crippen LogP contribution is -2.49. The third-order valence-corrected chi connectivity index (χ3v) is 5.54. The first-order valence-electron chi connectivity index (χ1n) is 9.57. The summed E-state index contributed by atoms with van der Waals surface area (Å²) in [5, 5.41) is 0. The average molecular weight is 371 g/mol. The minimum absolute atomic E-state index is 0.0529. The van der Waals surface area contributed by atoms with Gasteiger partial charge in [-0.2, -0.15) is 0 Å². The lowest BCUT2D eigenvalue weighted by Gasteiger charge is -2.39. The number of hydrogen-bond donors (Lipinski definition) is 0. The van der Waals surface area contributed by atoms with Gasteiger partial charge in [0.25, 0.3) is 0 Å². The number of cyclic esters (lactones) is 1. The van der Waals surface area contributed by atoms with Crippen LogP contribution in [-0.2, 0) is 14.3 Å². The van der Waals surface area contributed by atoms with E-state index in [1.807, 2.05) is 66.7 Å². The molecule has 0 radical (unpaired) electrons. The van der Waals surface area contributed by atoms with Gasteiger partial charge in [0.15, 0.2) is 0 Å². The molecule has 3 aromatic carbocycles. The van der Waals surface area contributed by atoms with Crippen molar-refractivity contribution in [2.24, 2.45) is 0 Å². The molecule has 4 heteroatoms. The molecule has 0 spiro atoms. The molecule has 2 fully saturated rings. The van der Waals surface area contributed by atoms with Crippen molar-refractivity contribution in [2.45, 2.75) is 24.4 Å². The molecule has 0 N–H and O–H groups in total. The first-order valence-corrected chi connectivity index (χ1v) is 9.57. The standard InChI is InChI=1S/C24H21NO3/c26-24-21-22(18-12-6-2-7-13-18)28-23(19-14-8-3-9-15-19)25(21)20(16-27-24)17-10-4-1-5-11-17/h1-15,20-23H,16H2/t20-,21+,22?,23?/m1/s1. The van der Waals surface area contributed by atoms with Gasteiger partial charge in [-0.25, -0.2) is 4.90 Å². The lowest BCUT2D eigenvalue weighted by atomic mass is 9.96. The Labute approximate surface area is 164 Å². The molecule has 140 valence electrons. The maximum atomic E-state index is 12.9. The van der Waals surface area contributed by atoms with Crippen LogP contribution in [-0.4, -0.2) is 23.5 Å². The highest BCUT2D eigenvalue weighted by atomic mass is 16.6. The van der Waals surface area contributed by atoms with Gasteiger partial charge in [0.2, 0.25) is 0 Å². The van der Waals surface area contributed by atoms with E-state index in [1.165, 1.54) is 0 Å². The number of fused-ring (bicyclic) bond motifs is 1. The summed E-state index contributed by atoms with van der Waals surface area (Å²) in [6.45, 7) is 0.327. The summed E-state index contributed by atoms with van der Waals surface area (Å²) < 4.78 is 12.2. The third-order valence-electron chi connectivity index (χ3n) is 5.54.